The maximum absolute atomic E-state index is 11.1. The zero-order chi connectivity index (χ0) is 10.1. The highest BCUT2D eigenvalue weighted by Gasteiger charge is 2.47. The van der Waals surface area contributed by atoms with Crippen LogP contribution in [0.15, 0.2) is 24.3 Å². The Kier molecular flexibility index (Phi) is 2.44. The van der Waals surface area contributed by atoms with Crippen molar-refractivity contribution in [3.05, 3.63) is 34.9 Å². The molecule has 1 aliphatic heterocycles. The topological polar surface area (TPSA) is 38.8 Å². The van der Waals surface area contributed by atoms with Gasteiger partial charge in [0.1, 0.15) is 6.10 Å². The van der Waals surface area contributed by atoms with Crippen LogP contribution in [-0.2, 0) is 14.3 Å². The Hall–Kier alpha value is -1.06. The highest BCUT2D eigenvalue weighted by Crippen LogP contribution is 2.39. The average molecular weight is 213 g/mol. The maximum Gasteiger partial charge on any atom is 0.338 e. The smallest absolute Gasteiger partial charge is 0.338 e. The number of esters is 1. The summed E-state index contributed by atoms with van der Waals surface area (Å²) in [4.78, 5) is 11.1. The minimum atomic E-state index is -0.460. The lowest BCUT2D eigenvalue weighted by molar-refractivity contribution is -0.142. The molecule has 0 saturated carbocycles. The molecule has 0 radical (unpaired) electrons. The molecule has 1 heterocycles. The van der Waals surface area contributed by atoms with Gasteiger partial charge in [0.25, 0.3) is 0 Å². The molecule has 2 atom stereocenters. The van der Waals surface area contributed by atoms with Crippen molar-refractivity contribution in [2.24, 2.45) is 0 Å². The van der Waals surface area contributed by atoms with E-state index in [1.807, 2.05) is 12.1 Å². The van der Waals surface area contributed by atoms with E-state index in [1.165, 1.54) is 7.11 Å². The first-order valence-corrected chi connectivity index (χ1v) is 4.59. The van der Waals surface area contributed by atoms with Gasteiger partial charge in [-0.2, -0.15) is 0 Å². The normalized spacial score (nSPS) is 24.4. The zero-order valence-corrected chi connectivity index (χ0v) is 8.32. The maximum atomic E-state index is 11.1. The zero-order valence-electron chi connectivity index (χ0n) is 7.57. The third kappa shape index (κ3) is 1.74. The van der Waals surface area contributed by atoms with Crippen molar-refractivity contribution in [2.45, 2.75) is 12.2 Å². The highest BCUT2D eigenvalue weighted by molar-refractivity contribution is 6.30. The molecule has 14 heavy (non-hydrogen) atoms. The van der Waals surface area contributed by atoms with E-state index in [1.54, 1.807) is 12.1 Å². The van der Waals surface area contributed by atoms with Gasteiger partial charge in [-0.3, -0.25) is 0 Å². The SMILES string of the molecule is COC(=O)[C@H]1O[C@@H]1c1cccc(Cl)c1. The lowest BCUT2D eigenvalue weighted by Crippen LogP contribution is -2.09. The van der Waals surface area contributed by atoms with Crippen LogP contribution >= 0.6 is 11.6 Å². The van der Waals surface area contributed by atoms with E-state index < -0.39 is 6.10 Å². The van der Waals surface area contributed by atoms with Gasteiger partial charge in [0.2, 0.25) is 0 Å². The van der Waals surface area contributed by atoms with Crippen LogP contribution in [0.1, 0.15) is 11.7 Å². The molecule has 0 bridgehead atoms. The van der Waals surface area contributed by atoms with Crippen molar-refractivity contribution in [3.8, 4) is 0 Å². The summed E-state index contributed by atoms with van der Waals surface area (Å²) in [5.74, 6) is -0.338. The molecule has 0 unspecified atom stereocenters. The summed E-state index contributed by atoms with van der Waals surface area (Å²) >= 11 is 5.81. The molecular weight excluding hydrogens is 204 g/mol. The van der Waals surface area contributed by atoms with Crippen LogP contribution < -0.4 is 0 Å². The Balaban J connectivity index is 2.09. The second kappa shape index (κ2) is 3.59. The van der Waals surface area contributed by atoms with Gasteiger partial charge in [-0.05, 0) is 17.7 Å². The van der Waals surface area contributed by atoms with Gasteiger partial charge < -0.3 is 9.47 Å². The van der Waals surface area contributed by atoms with Crippen molar-refractivity contribution >= 4 is 17.6 Å². The number of halogens is 1. The van der Waals surface area contributed by atoms with Gasteiger partial charge in [-0.15, -0.1) is 0 Å². The molecule has 0 aromatic heterocycles. The molecule has 4 heteroatoms. The lowest BCUT2D eigenvalue weighted by atomic mass is 10.1. The number of rotatable bonds is 2. The average Bonchev–Trinajstić information content (AvgIpc) is 2.96. The first-order valence-electron chi connectivity index (χ1n) is 4.21. The number of carbonyl (C=O) groups excluding carboxylic acids is 1. The summed E-state index contributed by atoms with van der Waals surface area (Å²) in [5, 5.41) is 0.640. The fraction of sp³-hybridized carbons (Fsp3) is 0.300. The Morgan fingerprint density at radius 1 is 1.57 bits per heavy atom. The largest absolute Gasteiger partial charge is 0.467 e. The molecule has 3 nitrogen and oxygen atoms in total. The molecule has 1 aliphatic rings. The first kappa shape index (κ1) is 9.49. The van der Waals surface area contributed by atoms with E-state index in [0.717, 1.165) is 5.56 Å². The van der Waals surface area contributed by atoms with Crippen LogP contribution in [0.5, 0.6) is 0 Å². The molecule has 0 N–H and O–H groups in total. The quantitative estimate of drug-likeness (QED) is 0.556. The summed E-state index contributed by atoms with van der Waals surface area (Å²) in [6, 6.07) is 7.27. The Morgan fingerprint density at radius 2 is 2.36 bits per heavy atom. The van der Waals surface area contributed by atoms with Crippen molar-refractivity contribution in [1.82, 2.24) is 0 Å². The summed E-state index contributed by atoms with van der Waals surface area (Å²) in [6.07, 6.45) is -0.653. The van der Waals surface area contributed by atoms with Gasteiger partial charge in [0, 0.05) is 5.02 Å². The van der Waals surface area contributed by atoms with Crippen molar-refractivity contribution < 1.29 is 14.3 Å². The molecular formula is C10H9ClO3. The van der Waals surface area contributed by atoms with Crippen LogP contribution in [0.3, 0.4) is 0 Å². The number of ether oxygens (including phenoxy) is 2. The molecule has 0 amide bonds. The van der Waals surface area contributed by atoms with Crippen LogP contribution in [0.2, 0.25) is 5.02 Å². The van der Waals surface area contributed by atoms with Crippen LogP contribution in [-0.4, -0.2) is 19.2 Å². The lowest BCUT2D eigenvalue weighted by Gasteiger charge is -1.96. The summed E-state index contributed by atoms with van der Waals surface area (Å²) in [6.45, 7) is 0. The molecule has 0 spiro atoms. The third-order valence-corrected chi connectivity index (χ3v) is 2.34. The van der Waals surface area contributed by atoms with E-state index in [9.17, 15) is 4.79 Å². The molecule has 74 valence electrons. The number of hydrogen-bond acceptors (Lipinski definition) is 3. The number of benzene rings is 1. The second-order valence-electron chi connectivity index (χ2n) is 3.06. The van der Waals surface area contributed by atoms with E-state index in [-0.39, 0.29) is 12.1 Å². The molecule has 2 rings (SSSR count). The van der Waals surface area contributed by atoms with E-state index in [2.05, 4.69) is 4.74 Å². The fourth-order valence-electron chi connectivity index (χ4n) is 1.34. The molecule has 0 aliphatic carbocycles. The summed E-state index contributed by atoms with van der Waals surface area (Å²) in [7, 11) is 1.35. The molecule has 1 fully saturated rings. The fourth-order valence-corrected chi connectivity index (χ4v) is 1.54. The molecule has 1 aromatic rings. The van der Waals surface area contributed by atoms with Crippen LogP contribution in [0, 0.1) is 0 Å². The second-order valence-corrected chi connectivity index (χ2v) is 3.49. The van der Waals surface area contributed by atoms with Gasteiger partial charge in [-0.25, -0.2) is 4.79 Å². The monoisotopic (exact) mass is 212 g/mol. The van der Waals surface area contributed by atoms with E-state index in [0.29, 0.717) is 5.02 Å². The number of carbonyl (C=O) groups is 1. The van der Waals surface area contributed by atoms with E-state index in [4.69, 9.17) is 16.3 Å². The predicted molar refractivity (Wildman–Crippen MR) is 51.1 cm³/mol. The van der Waals surface area contributed by atoms with Gasteiger partial charge >= 0.3 is 5.97 Å². The van der Waals surface area contributed by atoms with Gasteiger partial charge in [0.15, 0.2) is 6.10 Å². The third-order valence-electron chi connectivity index (χ3n) is 2.10. The molecule has 1 aromatic carbocycles. The highest BCUT2D eigenvalue weighted by atomic mass is 35.5. The summed E-state index contributed by atoms with van der Waals surface area (Å²) in [5.41, 5.74) is 0.910. The number of hydrogen-bond donors (Lipinski definition) is 0. The van der Waals surface area contributed by atoms with Crippen LogP contribution in [0.25, 0.3) is 0 Å². The Bertz CT molecular complexity index is 364. The molecule has 1 saturated heterocycles. The predicted octanol–water partition coefficient (Wildman–Crippen LogP) is 1.95. The summed E-state index contributed by atoms with van der Waals surface area (Å²) < 4.78 is 9.74. The van der Waals surface area contributed by atoms with Crippen molar-refractivity contribution in [1.29, 1.82) is 0 Å². The van der Waals surface area contributed by atoms with Crippen molar-refractivity contribution in [3.63, 3.8) is 0 Å². The number of epoxide rings is 1. The van der Waals surface area contributed by atoms with E-state index >= 15 is 0 Å². The minimum Gasteiger partial charge on any atom is -0.467 e. The van der Waals surface area contributed by atoms with Crippen molar-refractivity contribution in [2.75, 3.05) is 7.11 Å². The Morgan fingerprint density at radius 3 is 3.00 bits per heavy atom. The first-order chi connectivity index (χ1) is 6.72. The van der Waals surface area contributed by atoms with Crippen LogP contribution in [0.4, 0.5) is 0 Å². The van der Waals surface area contributed by atoms with Gasteiger partial charge in [-0.1, -0.05) is 23.7 Å². The minimum absolute atomic E-state index is 0.193. The Labute approximate surface area is 86.6 Å². The standard InChI is InChI=1S/C10H9ClO3/c1-13-10(12)9-8(14-9)6-3-2-4-7(11)5-6/h2-5,8-9H,1H3/t8-,9+/m1/s1. The van der Waals surface area contributed by atoms with Gasteiger partial charge in [0.05, 0.1) is 7.11 Å². The number of methoxy groups -OCH3 is 1.